The van der Waals surface area contributed by atoms with Crippen LogP contribution in [0.3, 0.4) is 0 Å². The maximum absolute atomic E-state index is 12.9. The summed E-state index contributed by atoms with van der Waals surface area (Å²) in [4.78, 5) is 34.6. The number of ether oxygens (including phenoxy) is 1. The van der Waals surface area contributed by atoms with Gasteiger partial charge in [0.15, 0.2) is 5.78 Å². The van der Waals surface area contributed by atoms with Gasteiger partial charge in [0.1, 0.15) is 11.6 Å². The molecule has 6 heteroatoms. The minimum absolute atomic E-state index is 0.0204. The number of piperidine rings is 1. The number of nitrogens with zero attached hydrogens (tertiary/aromatic N) is 2. The van der Waals surface area contributed by atoms with Crippen LogP contribution in [0.2, 0.25) is 0 Å². The van der Waals surface area contributed by atoms with Crippen LogP contribution in [-0.2, 0) is 11.2 Å². The molecule has 0 saturated carbocycles. The van der Waals surface area contributed by atoms with E-state index in [0.717, 1.165) is 35.3 Å². The van der Waals surface area contributed by atoms with E-state index in [0.29, 0.717) is 30.3 Å². The molecule has 1 fully saturated rings. The molecule has 1 saturated heterocycles. The van der Waals surface area contributed by atoms with Crippen molar-refractivity contribution in [3.8, 4) is 5.75 Å². The summed E-state index contributed by atoms with van der Waals surface area (Å²) in [6, 6.07) is 13.3. The first-order valence-corrected chi connectivity index (χ1v) is 9.95. The zero-order valence-corrected chi connectivity index (χ0v) is 16.8. The molecule has 2 aromatic carbocycles. The minimum Gasteiger partial charge on any atom is -0.496 e. The van der Waals surface area contributed by atoms with Gasteiger partial charge in [0.2, 0.25) is 5.91 Å². The summed E-state index contributed by atoms with van der Waals surface area (Å²) in [5.74, 6) is 2.02. The van der Waals surface area contributed by atoms with E-state index >= 15 is 0 Å². The molecule has 0 spiro atoms. The average molecular weight is 391 g/mol. The Hall–Kier alpha value is -3.15. The van der Waals surface area contributed by atoms with Crippen LogP contribution in [0.5, 0.6) is 5.75 Å². The van der Waals surface area contributed by atoms with Gasteiger partial charge in [0.05, 0.1) is 24.6 Å². The lowest BCUT2D eigenvalue weighted by Crippen LogP contribution is -2.39. The smallest absolute Gasteiger partial charge is 0.227 e. The van der Waals surface area contributed by atoms with E-state index in [2.05, 4.69) is 4.98 Å². The first-order chi connectivity index (χ1) is 14.0. The van der Waals surface area contributed by atoms with Crippen molar-refractivity contribution in [3.63, 3.8) is 0 Å². The lowest BCUT2D eigenvalue weighted by Gasteiger charge is -2.31. The molecule has 0 aliphatic carbocycles. The van der Waals surface area contributed by atoms with Gasteiger partial charge in [-0.3, -0.25) is 9.59 Å². The molecule has 1 N–H and O–H groups in total. The van der Waals surface area contributed by atoms with Crippen molar-refractivity contribution in [1.29, 1.82) is 0 Å². The molecule has 0 atom stereocenters. The number of hydrogen-bond acceptors (Lipinski definition) is 4. The third kappa shape index (κ3) is 4.01. The number of methoxy groups -OCH3 is 1. The fourth-order valence-electron chi connectivity index (χ4n) is 3.98. The largest absolute Gasteiger partial charge is 0.496 e. The molecule has 0 bridgehead atoms. The van der Waals surface area contributed by atoms with Gasteiger partial charge >= 0.3 is 0 Å². The fraction of sp³-hybridized carbons (Fsp3) is 0.348. The van der Waals surface area contributed by atoms with E-state index in [1.54, 1.807) is 25.3 Å². The molecule has 2 heterocycles. The number of nitrogens with one attached hydrogen (secondary N) is 1. The predicted octanol–water partition coefficient (Wildman–Crippen LogP) is 3.72. The highest BCUT2D eigenvalue weighted by Crippen LogP contribution is 2.29. The number of rotatable bonds is 5. The molecule has 150 valence electrons. The molecule has 4 rings (SSSR count). The normalized spacial score (nSPS) is 14.9. The Labute approximate surface area is 169 Å². The maximum atomic E-state index is 12.9. The van der Waals surface area contributed by atoms with Gasteiger partial charge in [0, 0.05) is 30.1 Å². The van der Waals surface area contributed by atoms with Crippen LogP contribution >= 0.6 is 0 Å². The number of aromatic nitrogens is 2. The minimum atomic E-state index is -0.0204. The van der Waals surface area contributed by atoms with Crippen LogP contribution in [0.4, 0.5) is 0 Å². The summed E-state index contributed by atoms with van der Waals surface area (Å²) in [6.07, 6.45) is 2.01. The Balaban J connectivity index is 1.41. The van der Waals surface area contributed by atoms with Crippen LogP contribution in [0.25, 0.3) is 11.0 Å². The highest BCUT2D eigenvalue weighted by atomic mass is 16.5. The molecule has 0 radical (unpaired) electrons. The van der Waals surface area contributed by atoms with Crippen molar-refractivity contribution in [2.45, 2.75) is 32.1 Å². The summed E-state index contributed by atoms with van der Waals surface area (Å²) >= 11 is 0. The number of ketones is 1. The second kappa shape index (κ2) is 8.07. The summed E-state index contributed by atoms with van der Waals surface area (Å²) in [5.41, 5.74) is 3.39. The highest BCUT2D eigenvalue weighted by molar-refractivity contribution is 5.94. The molecule has 6 nitrogen and oxygen atoms in total. The number of likely N-dealkylation sites (tertiary alicyclic amines) is 1. The Morgan fingerprint density at radius 1 is 1.17 bits per heavy atom. The Kier molecular flexibility index (Phi) is 5.34. The lowest BCUT2D eigenvalue weighted by molar-refractivity contribution is -0.131. The number of hydrogen-bond donors (Lipinski definition) is 1. The summed E-state index contributed by atoms with van der Waals surface area (Å²) in [7, 11) is 1.58. The van der Waals surface area contributed by atoms with Crippen LogP contribution in [0.15, 0.2) is 42.5 Å². The van der Waals surface area contributed by atoms with E-state index in [1.807, 2.05) is 29.2 Å². The van der Waals surface area contributed by atoms with Gasteiger partial charge in [0.25, 0.3) is 0 Å². The van der Waals surface area contributed by atoms with Crippen molar-refractivity contribution in [1.82, 2.24) is 14.9 Å². The Morgan fingerprint density at radius 2 is 1.93 bits per heavy atom. The molecule has 0 unspecified atom stereocenters. The second-order valence-electron chi connectivity index (χ2n) is 7.55. The lowest BCUT2D eigenvalue weighted by atomic mass is 9.95. The molecule has 29 heavy (non-hydrogen) atoms. The summed E-state index contributed by atoms with van der Waals surface area (Å²) < 4.78 is 5.38. The van der Waals surface area contributed by atoms with E-state index < -0.39 is 0 Å². The fourth-order valence-corrected chi connectivity index (χ4v) is 3.98. The summed E-state index contributed by atoms with van der Waals surface area (Å²) in [6.45, 7) is 2.93. The number of amides is 1. The van der Waals surface area contributed by atoms with Gasteiger partial charge < -0.3 is 14.6 Å². The first kappa shape index (κ1) is 19.2. The third-order valence-electron chi connectivity index (χ3n) is 5.67. The predicted molar refractivity (Wildman–Crippen MR) is 111 cm³/mol. The van der Waals surface area contributed by atoms with Gasteiger partial charge in [-0.05, 0) is 50.1 Å². The van der Waals surface area contributed by atoms with Gasteiger partial charge in [-0.1, -0.05) is 12.1 Å². The topological polar surface area (TPSA) is 75.3 Å². The van der Waals surface area contributed by atoms with Gasteiger partial charge in [-0.25, -0.2) is 4.98 Å². The monoisotopic (exact) mass is 391 g/mol. The third-order valence-corrected chi connectivity index (χ3v) is 5.67. The molecule has 1 aliphatic heterocycles. The van der Waals surface area contributed by atoms with Crippen LogP contribution in [-0.4, -0.2) is 46.8 Å². The zero-order chi connectivity index (χ0) is 20.4. The van der Waals surface area contributed by atoms with E-state index in [4.69, 9.17) is 9.72 Å². The van der Waals surface area contributed by atoms with Crippen molar-refractivity contribution in [3.05, 3.63) is 59.4 Å². The number of imidazole rings is 1. The number of H-pyrrole nitrogens is 1. The number of para-hydroxylation sites is 2. The van der Waals surface area contributed by atoms with Crippen molar-refractivity contribution < 1.29 is 14.3 Å². The number of Topliss-reactive ketones (excluding diaryl/α,β-unsaturated/α-hetero) is 1. The number of carbonyl (C=O) groups excluding carboxylic acids is 2. The van der Waals surface area contributed by atoms with Crippen molar-refractivity contribution in [2.24, 2.45) is 0 Å². The van der Waals surface area contributed by atoms with Crippen molar-refractivity contribution >= 4 is 22.7 Å². The van der Waals surface area contributed by atoms with Crippen molar-refractivity contribution in [2.75, 3.05) is 20.2 Å². The Bertz CT molecular complexity index is 1020. The van der Waals surface area contributed by atoms with Gasteiger partial charge in [-0.15, -0.1) is 0 Å². The maximum Gasteiger partial charge on any atom is 0.227 e. The molecule has 3 aromatic rings. The van der Waals surface area contributed by atoms with E-state index in [1.165, 1.54) is 6.92 Å². The first-order valence-electron chi connectivity index (χ1n) is 9.95. The molecular formula is C23H25N3O3. The molecular weight excluding hydrogens is 366 g/mol. The number of carbonyl (C=O) groups is 2. The SMILES string of the molecule is COc1ccc(C(C)=O)cc1CC(=O)N1CCC(c2nc3ccccc3[nH]2)CC1. The second-order valence-corrected chi connectivity index (χ2v) is 7.55. The number of fused-ring (bicyclic) bond motifs is 1. The van der Waals surface area contributed by atoms with Crippen LogP contribution < -0.4 is 4.74 Å². The van der Waals surface area contributed by atoms with E-state index in [9.17, 15) is 9.59 Å². The quantitative estimate of drug-likeness (QED) is 0.673. The zero-order valence-electron chi connectivity index (χ0n) is 16.8. The molecule has 1 amide bonds. The number of benzene rings is 2. The molecule has 1 aliphatic rings. The Morgan fingerprint density at radius 3 is 2.62 bits per heavy atom. The molecule has 1 aromatic heterocycles. The van der Waals surface area contributed by atoms with Gasteiger partial charge in [-0.2, -0.15) is 0 Å². The standard InChI is InChI=1S/C23H25N3O3/c1-15(27)17-7-8-21(29-2)18(13-17)14-22(28)26-11-9-16(10-12-26)23-24-19-5-3-4-6-20(19)25-23/h3-8,13,16H,9-12,14H2,1-2H3,(H,24,25). The number of aromatic amines is 1. The average Bonchev–Trinajstić information content (AvgIpc) is 3.18. The van der Waals surface area contributed by atoms with Crippen LogP contribution in [0, 0.1) is 0 Å². The van der Waals surface area contributed by atoms with Crippen LogP contribution in [0.1, 0.15) is 47.4 Å². The van der Waals surface area contributed by atoms with E-state index in [-0.39, 0.29) is 18.1 Å². The summed E-state index contributed by atoms with van der Waals surface area (Å²) in [5, 5.41) is 0. The highest BCUT2D eigenvalue weighted by Gasteiger charge is 2.26.